The maximum Gasteiger partial charge on any atom is 0.327 e. The van der Waals surface area contributed by atoms with Gasteiger partial charge in [0, 0.05) is 12.7 Å². The largest absolute Gasteiger partial charge is 0.459 e. The zero-order valence-electron chi connectivity index (χ0n) is 17.5. The summed E-state index contributed by atoms with van der Waals surface area (Å²) in [5.41, 5.74) is 2.72. The van der Waals surface area contributed by atoms with Crippen molar-refractivity contribution in [3.63, 3.8) is 0 Å². The van der Waals surface area contributed by atoms with Crippen LogP contribution in [0.2, 0.25) is 0 Å². The average Bonchev–Trinajstić information content (AvgIpc) is 2.74. The molecule has 0 spiro atoms. The Morgan fingerprint density at radius 2 is 2.03 bits per heavy atom. The van der Waals surface area contributed by atoms with Crippen molar-refractivity contribution in [2.75, 3.05) is 11.6 Å². The number of amides is 1. The Kier molecular flexibility index (Phi) is 6.97. The van der Waals surface area contributed by atoms with E-state index in [1.807, 2.05) is 63.2 Å². The van der Waals surface area contributed by atoms with Crippen LogP contribution in [0.1, 0.15) is 38.3 Å². The van der Waals surface area contributed by atoms with Crippen molar-refractivity contribution in [2.24, 2.45) is 0 Å². The van der Waals surface area contributed by atoms with Crippen molar-refractivity contribution in [2.45, 2.75) is 45.4 Å². The second kappa shape index (κ2) is 9.65. The normalized spacial score (nSPS) is 16.5. The van der Waals surface area contributed by atoms with Crippen LogP contribution in [0.15, 0.2) is 54.9 Å². The molecule has 1 aromatic heterocycles. The van der Waals surface area contributed by atoms with Crippen molar-refractivity contribution < 1.29 is 19.2 Å². The van der Waals surface area contributed by atoms with Crippen LogP contribution < -0.4 is 10.4 Å². The van der Waals surface area contributed by atoms with Gasteiger partial charge in [-0.05, 0) is 50.0 Å². The molecule has 7 nitrogen and oxygen atoms in total. The lowest BCUT2D eigenvalue weighted by Crippen LogP contribution is -2.42. The van der Waals surface area contributed by atoms with E-state index in [1.165, 1.54) is 0 Å². The summed E-state index contributed by atoms with van der Waals surface area (Å²) >= 11 is 0. The maximum atomic E-state index is 12.4. The van der Waals surface area contributed by atoms with Crippen LogP contribution in [0.3, 0.4) is 0 Å². The number of hydroxylamine groups is 1. The second-order valence-corrected chi connectivity index (χ2v) is 8.03. The Balaban J connectivity index is 1.74. The Morgan fingerprint density at radius 3 is 2.73 bits per heavy atom. The van der Waals surface area contributed by atoms with E-state index in [9.17, 15) is 9.59 Å². The van der Waals surface area contributed by atoms with E-state index >= 15 is 0 Å². The van der Waals surface area contributed by atoms with Crippen LogP contribution in [-0.4, -0.2) is 35.6 Å². The van der Waals surface area contributed by atoms with E-state index in [1.54, 1.807) is 12.4 Å². The van der Waals surface area contributed by atoms with E-state index in [-0.39, 0.29) is 12.6 Å². The van der Waals surface area contributed by atoms with Gasteiger partial charge in [0.15, 0.2) is 0 Å². The van der Waals surface area contributed by atoms with Gasteiger partial charge < -0.3 is 10.1 Å². The first kappa shape index (κ1) is 21.7. The summed E-state index contributed by atoms with van der Waals surface area (Å²) in [5, 5.41) is 4.33. The molecular formula is C23H27N3O4. The Morgan fingerprint density at radius 1 is 1.27 bits per heavy atom. The van der Waals surface area contributed by atoms with Gasteiger partial charge in [-0.1, -0.05) is 36.4 Å². The predicted molar refractivity (Wildman–Crippen MR) is 114 cm³/mol. The lowest BCUT2D eigenvalue weighted by molar-refractivity contribution is -0.156. The zero-order chi connectivity index (χ0) is 21.6. The SMILES string of the molecule is CC(C)(C)OC(=O)C1C=C(c2cncc(N(C=O)OCc3ccccc3)c2)CCN1. The summed E-state index contributed by atoms with van der Waals surface area (Å²) in [7, 11) is 0. The fraction of sp³-hybridized carbons (Fsp3) is 0.348. The molecule has 2 aromatic rings. The van der Waals surface area contributed by atoms with Crippen molar-refractivity contribution in [3.05, 3.63) is 66.0 Å². The van der Waals surface area contributed by atoms with Crippen molar-refractivity contribution in [3.8, 4) is 0 Å². The van der Waals surface area contributed by atoms with Crippen LogP contribution in [0.5, 0.6) is 0 Å². The van der Waals surface area contributed by atoms with Crippen molar-refractivity contribution in [1.82, 2.24) is 10.3 Å². The molecule has 3 rings (SSSR count). The van der Waals surface area contributed by atoms with Gasteiger partial charge in [-0.2, -0.15) is 5.06 Å². The zero-order valence-corrected chi connectivity index (χ0v) is 17.5. The number of anilines is 1. The molecule has 0 aliphatic carbocycles. The number of carbonyl (C=O) groups excluding carboxylic acids is 2. The molecule has 0 bridgehead atoms. The van der Waals surface area contributed by atoms with Gasteiger partial charge in [0.25, 0.3) is 0 Å². The number of nitrogens with one attached hydrogen (secondary N) is 1. The maximum absolute atomic E-state index is 12.4. The molecule has 30 heavy (non-hydrogen) atoms. The first-order valence-electron chi connectivity index (χ1n) is 9.89. The van der Waals surface area contributed by atoms with E-state index in [2.05, 4.69) is 10.3 Å². The molecular weight excluding hydrogens is 382 g/mol. The van der Waals surface area contributed by atoms with Gasteiger partial charge in [-0.25, -0.2) is 4.79 Å². The predicted octanol–water partition coefficient (Wildman–Crippen LogP) is 3.26. The highest BCUT2D eigenvalue weighted by molar-refractivity contribution is 5.83. The van der Waals surface area contributed by atoms with Crippen LogP contribution in [0.4, 0.5) is 5.69 Å². The van der Waals surface area contributed by atoms with Crippen molar-refractivity contribution in [1.29, 1.82) is 0 Å². The van der Waals surface area contributed by atoms with Gasteiger partial charge >= 0.3 is 5.97 Å². The molecule has 1 aliphatic rings. The molecule has 1 N–H and O–H groups in total. The number of hydrogen-bond acceptors (Lipinski definition) is 6. The number of nitrogens with zero attached hydrogens (tertiary/aromatic N) is 2. The first-order valence-corrected chi connectivity index (χ1v) is 9.89. The highest BCUT2D eigenvalue weighted by Gasteiger charge is 2.26. The number of esters is 1. The minimum atomic E-state index is -0.549. The van der Waals surface area contributed by atoms with E-state index in [0.29, 0.717) is 18.6 Å². The van der Waals surface area contributed by atoms with Crippen LogP contribution in [0, 0.1) is 0 Å². The molecule has 1 unspecified atom stereocenters. The Bertz CT molecular complexity index is 906. The third-order valence-electron chi connectivity index (χ3n) is 4.45. The molecule has 1 amide bonds. The van der Waals surface area contributed by atoms with Gasteiger partial charge in [-0.3, -0.25) is 14.6 Å². The van der Waals surface area contributed by atoms with E-state index in [4.69, 9.17) is 9.57 Å². The summed E-state index contributed by atoms with van der Waals surface area (Å²) in [5.74, 6) is -0.315. The molecule has 0 saturated heterocycles. The summed E-state index contributed by atoms with van der Waals surface area (Å²) in [4.78, 5) is 33.9. The van der Waals surface area contributed by atoms with Crippen LogP contribution in [0.25, 0.3) is 5.57 Å². The quantitative estimate of drug-likeness (QED) is 0.430. The van der Waals surface area contributed by atoms with Crippen LogP contribution >= 0.6 is 0 Å². The minimum Gasteiger partial charge on any atom is -0.459 e. The first-order chi connectivity index (χ1) is 14.4. The third-order valence-corrected chi connectivity index (χ3v) is 4.45. The van der Waals surface area contributed by atoms with Crippen molar-refractivity contribution >= 4 is 23.6 Å². The van der Waals surface area contributed by atoms with Gasteiger partial charge in [-0.15, -0.1) is 0 Å². The van der Waals surface area contributed by atoms with Gasteiger partial charge in [0.2, 0.25) is 6.41 Å². The summed E-state index contributed by atoms with van der Waals surface area (Å²) in [6.45, 7) is 6.43. The number of benzene rings is 1. The van der Waals surface area contributed by atoms with Gasteiger partial charge in [0.05, 0.1) is 11.9 Å². The molecule has 1 aliphatic heterocycles. The molecule has 158 valence electrons. The number of aromatic nitrogens is 1. The highest BCUT2D eigenvalue weighted by atomic mass is 16.7. The summed E-state index contributed by atoms with van der Waals surface area (Å²) in [6, 6.07) is 10.9. The third kappa shape index (κ3) is 5.98. The summed E-state index contributed by atoms with van der Waals surface area (Å²) < 4.78 is 5.48. The Hall–Kier alpha value is -3.03. The van der Waals surface area contributed by atoms with E-state index < -0.39 is 11.6 Å². The molecule has 0 fully saturated rings. The summed E-state index contributed by atoms with van der Waals surface area (Å²) in [6.07, 6.45) is 6.48. The monoisotopic (exact) mass is 409 g/mol. The highest BCUT2D eigenvalue weighted by Crippen LogP contribution is 2.25. The molecule has 2 heterocycles. The average molecular weight is 409 g/mol. The fourth-order valence-corrected chi connectivity index (χ4v) is 3.07. The number of rotatable bonds is 7. The lowest BCUT2D eigenvalue weighted by atomic mass is 9.98. The number of hydrogen-bond donors (Lipinski definition) is 1. The second-order valence-electron chi connectivity index (χ2n) is 8.03. The number of carbonyl (C=O) groups is 2. The standard InChI is InChI=1S/C23H27N3O4/c1-23(2,3)30-22(28)21-12-18(9-10-25-21)19-11-20(14-24-13-19)26(16-27)29-15-17-7-5-4-6-8-17/h4-8,11-14,16,21,25H,9-10,15H2,1-3H3. The van der Waals surface area contributed by atoms with Crippen LogP contribution in [-0.2, 0) is 25.8 Å². The minimum absolute atomic E-state index is 0.261. The molecule has 7 heteroatoms. The topological polar surface area (TPSA) is 80.8 Å². The van der Waals surface area contributed by atoms with E-state index in [0.717, 1.165) is 28.2 Å². The molecule has 0 radical (unpaired) electrons. The number of ether oxygens (including phenoxy) is 1. The Labute approximate surface area is 176 Å². The van der Waals surface area contributed by atoms with Gasteiger partial charge in [0.1, 0.15) is 18.2 Å². The molecule has 1 atom stereocenters. The smallest absolute Gasteiger partial charge is 0.327 e. The fourth-order valence-electron chi connectivity index (χ4n) is 3.07. The molecule has 0 saturated carbocycles. The molecule has 1 aromatic carbocycles. The lowest BCUT2D eigenvalue weighted by Gasteiger charge is -2.26. The number of pyridine rings is 1.